The van der Waals surface area contributed by atoms with Crippen molar-refractivity contribution in [3.05, 3.63) is 0 Å². The predicted octanol–water partition coefficient (Wildman–Crippen LogP) is -0.127. The van der Waals surface area contributed by atoms with E-state index in [4.69, 9.17) is 5.11 Å². The molecule has 4 heteroatoms. The van der Waals surface area contributed by atoms with Crippen LogP contribution in [-0.4, -0.2) is 36.8 Å². The number of carbonyl (C=O) groups excluding carboxylic acids is 1. The van der Waals surface area contributed by atoms with Gasteiger partial charge in [0.2, 0.25) is 5.91 Å². The molecule has 0 aromatic heterocycles. The Morgan fingerprint density at radius 3 is 2.46 bits per heavy atom. The lowest BCUT2D eigenvalue weighted by Crippen LogP contribution is -2.51. The fourth-order valence-corrected chi connectivity index (χ4v) is 0.773. The highest BCUT2D eigenvalue weighted by molar-refractivity contribution is 5.85. The van der Waals surface area contributed by atoms with Gasteiger partial charge in [-0.1, -0.05) is 0 Å². The third kappa shape index (κ3) is 4.85. The van der Waals surface area contributed by atoms with Crippen LogP contribution in [0.4, 0.5) is 0 Å². The fraction of sp³-hybridized carbons (Fsp3) is 0.889. The highest BCUT2D eigenvalue weighted by Crippen LogP contribution is 1.99. The van der Waals surface area contributed by atoms with Crippen molar-refractivity contribution in [1.29, 1.82) is 0 Å². The van der Waals surface area contributed by atoms with E-state index in [1.807, 2.05) is 13.8 Å². The largest absolute Gasteiger partial charge is 0.396 e. The summed E-state index contributed by atoms with van der Waals surface area (Å²) in [5.74, 6) is -0.00654. The first-order valence-electron chi connectivity index (χ1n) is 4.62. The Labute approximate surface area is 79.7 Å². The summed E-state index contributed by atoms with van der Waals surface area (Å²) in [4.78, 5) is 11.4. The molecular weight excluding hydrogens is 168 g/mol. The van der Waals surface area contributed by atoms with E-state index >= 15 is 0 Å². The van der Waals surface area contributed by atoms with Crippen LogP contribution in [-0.2, 0) is 4.79 Å². The van der Waals surface area contributed by atoms with Crippen LogP contribution in [0.1, 0.15) is 26.7 Å². The summed E-state index contributed by atoms with van der Waals surface area (Å²) >= 11 is 0. The Kier molecular flexibility index (Phi) is 5.66. The van der Waals surface area contributed by atoms with Gasteiger partial charge in [0.05, 0.1) is 5.54 Å². The second kappa shape index (κ2) is 5.94. The monoisotopic (exact) mass is 188 g/mol. The van der Waals surface area contributed by atoms with Crippen molar-refractivity contribution in [2.45, 2.75) is 32.2 Å². The number of hydrogen-bond donors (Lipinski definition) is 3. The molecule has 0 bridgehead atoms. The van der Waals surface area contributed by atoms with Crippen molar-refractivity contribution in [1.82, 2.24) is 10.6 Å². The maximum atomic E-state index is 11.4. The van der Waals surface area contributed by atoms with E-state index in [0.717, 1.165) is 12.8 Å². The molecule has 1 amide bonds. The van der Waals surface area contributed by atoms with Gasteiger partial charge in [-0.2, -0.15) is 0 Å². The standard InChI is InChI=1S/C9H20N2O2/c1-9(2,10-3)8(13)11-6-4-5-7-12/h10,12H,4-7H2,1-3H3,(H,11,13). The van der Waals surface area contributed by atoms with E-state index in [0.29, 0.717) is 6.54 Å². The summed E-state index contributed by atoms with van der Waals surface area (Å²) in [7, 11) is 1.76. The molecule has 0 radical (unpaired) electrons. The molecule has 3 N–H and O–H groups in total. The minimum Gasteiger partial charge on any atom is -0.396 e. The second-order valence-corrected chi connectivity index (χ2v) is 3.56. The van der Waals surface area contributed by atoms with Crippen molar-refractivity contribution in [2.24, 2.45) is 0 Å². The molecule has 0 aliphatic rings. The third-order valence-electron chi connectivity index (χ3n) is 2.06. The highest BCUT2D eigenvalue weighted by Gasteiger charge is 2.24. The average Bonchev–Trinajstić information content (AvgIpc) is 2.12. The fourth-order valence-electron chi connectivity index (χ4n) is 0.773. The molecule has 0 aliphatic heterocycles. The summed E-state index contributed by atoms with van der Waals surface area (Å²) in [6, 6.07) is 0. The molecule has 0 unspecified atom stereocenters. The zero-order chi connectivity index (χ0) is 10.3. The molecule has 0 aliphatic carbocycles. The van der Waals surface area contributed by atoms with Crippen LogP contribution in [0.2, 0.25) is 0 Å². The van der Waals surface area contributed by atoms with Gasteiger partial charge in [0.25, 0.3) is 0 Å². The first-order chi connectivity index (χ1) is 6.04. The summed E-state index contributed by atoms with van der Waals surface area (Å²) < 4.78 is 0. The number of aliphatic hydroxyl groups is 1. The van der Waals surface area contributed by atoms with Gasteiger partial charge in [-0.25, -0.2) is 0 Å². The molecule has 0 fully saturated rings. The molecule has 0 heterocycles. The van der Waals surface area contributed by atoms with E-state index < -0.39 is 5.54 Å². The van der Waals surface area contributed by atoms with Crippen LogP contribution in [0.3, 0.4) is 0 Å². The number of rotatable bonds is 6. The first-order valence-corrected chi connectivity index (χ1v) is 4.62. The summed E-state index contributed by atoms with van der Waals surface area (Å²) in [6.45, 7) is 4.47. The van der Waals surface area contributed by atoms with Crippen molar-refractivity contribution in [3.63, 3.8) is 0 Å². The van der Waals surface area contributed by atoms with E-state index in [-0.39, 0.29) is 12.5 Å². The molecule has 0 saturated carbocycles. The molecule has 78 valence electrons. The van der Waals surface area contributed by atoms with Crippen molar-refractivity contribution < 1.29 is 9.90 Å². The zero-order valence-electron chi connectivity index (χ0n) is 8.68. The van der Waals surface area contributed by atoms with Crippen molar-refractivity contribution in [3.8, 4) is 0 Å². The number of hydrogen-bond acceptors (Lipinski definition) is 3. The zero-order valence-corrected chi connectivity index (χ0v) is 8.68. The van der Waals surface area contributed by atoms with Gasteiger partial charge in [0.1, 0.15) is 0 Å². The lowest BCUT2D eigenvalue weighted by atomic mass is 10.1. The minimum atomic E-state index is -0.515. The molecule has 0 rings (SSSR count). The number of amides is 1. The Morgan fingerprint density at radius 1 is 1.38 bits per heavy atom. The van der Waals surface area contributed by atoms with Crippen LogP contribution in [0.15, 0.2) is 0 Å². The van der Waals surface area contributed by atoms with E-state index in [9.17, 15) is 4.79 Å². The third-order valence-corrected chi connectivity index (χ3v) is 2.06. The molecule has 0 aromatic rings. The first kappa shape index (κ1) is 12.4. The van der Waals surface area contributed by atoms with Gasteiger partial charge < -0.3 is 15.7 Å². The average molecular weight is 188 g/mol. The Hall–Kier alpha value is -0.610. The predicted molar refractivity (Wildman–Crippen MR) is 52.5 cm³/mol. The van der Waals surface area contributed by atoms with E-state index in [2.05, 4.69) is 10.6 Å². The van der Waals surface area contributed by atoms with Crippen LogP contribution >= 0.6 is 0 Å². The normalized spacial score (nSPS) is 11.4. The van der Waals surface area contributed by atoms with Gasteiger partial charge in [0, 0.05) is 13.2 Å². The van der Waals surface area contributed by atoms with Crippen molar-refractivity contribution >= 4 is 5.91 Å². The quantitative estimate of drug-likeness (QED) is 0.509. The van der Waals surface area contributed by atoms with E-state index in [1.54, 1.807) is 7.05 Å². The van der Waals surface area contributed by atoms with Crippen LogP contribution < -0.4 is 10.6 Å². The van der Waals surface area contributed by atoms with Crippen molar-refractivity contribution in [2.75, 3.05) is 20.2 Å². The number of nitrogens with one attached hydrogen (secondary N) is 2. The lowest BCUT2D eigenvalue weighted by molar-refractivity contribution is -0.126. The maximum absolute atomic E-state index is 11.4. The molecule has 0 atom stereocenters. The van der Waals surface area contributed by atoms with Crippen LogP contribution in [0.25, 0.3) is 0 Å². The number of unbranched alkanes of at least 4 members (excludes halogenated alkanes) is 1. The highest BCUT2D eigenvalue weighted by atomic mass is 16.2. The number of carbonyl (C=O) groups is 1. The number of aliphatic hydroxyl groups excluding tert-OH is 1. The van der Waals surface area contributed by atoms with Crippen LogP contribution in [0, 0.1) is 0 Å². The smallest absolute Gasteiger partial charge is 0.239 e. The van der Waals surface area contributed by atoms with Crippen LogP contribution in [0.5, 0.6) is 0 Å². The molecule has 0 aromatic carbocycles. The SMILES string of the molecule is CNC(C)(C)C(=O)NCCCCO. The maximum Gasteiger partial charge on any atom is 0.239 e. The van der Waals surface area contributed by atoms with Gasteiger partial charge >= 0.3 is 0 Å². The van der Waals surface area contributed by atoms with Gasteiger partial charge in [0.15, 0.2) is 0 Å². The molecule has 13 heavy (non-hydrogen) atoms. The molecule has 0 saturated heterocycles. The lowest BCUT2D eigenvalue weighted by Gasteiger charge is -2.22. The summed E-state index contributed by atoms with van der Waals surface area (Å²) in [5.41, 5.74) is -0.515. The minimum absolute atomic E-state index is 0.00654. The number of likely N-dealkylation sites (N-methyl/N-ethyl adjacent to an activating group) is 1. The second-order valence-electron chi connectivity index (χ2n) is 3.56. The van der Waals surface area contributed by atoms with Gasteiger partial charge in [-0.3, -0.25) is 4.79 Å². The Bertz CT molecular complexity index is 158. The summed E-state index contributed by atoms with van der Waals surface area (Å²) in [6.07, 6.45) is 1.56. The van der Waals surface area contributed by atoms with Gasteiger partial charge in [-0.05, 0) is 33.7 Å². The van der Waals surface area contributed by atoms with E-state index in [1.165, 1.54) is 0 Å². The van der Waals surface area contributed by atoms with Gasteiger partial charge in [-0.15, -0.1) is 0 Å². The topological polar surface area (TPSA) is 61.4 Å². The Balaban J connectivity index is 3.62. The molecular formula is C9H20N2O2. The summed E-state index contributed by atoms with van der Waals surface area (Å²) in [5, 5.41) is 14.2. The Morgan fingerprint density at radius 2 is 2.00 bits per heavy atom. The molecule has 4 nitrogen and oxygen atoms in total. The molecule has 0 spiro atoms.